The maximum atomic E-state index is 12.5. The summed E-state index contributed by atoms with van der Waals surface area (Å²) in [6, 6.07) is 14.6. The minimum absolute atomic E-state index is 0.128. The molecule has 0 bridgehead atoms. The van der Waals surface area contributed by atoms with Crippen LogP contribution in [0.1, 0.15) is 39.0 Å². The fourth-order valence-corrected chi connectivity index (χ4v) is 2.71. The highest BCUT2D eigenvalue weighted by Crippen LogP contribution is 2.25. The van der Waals surface area contributed by atoms with Crippen LogP contribution in [0.25, 0.3) is 11.9 Å². The quantitative estimate of drug-likeness (QED) is 0.626. The first kappa shape index (κ1) is 21.0. The second-order valence-corrected chi connectivity index (χ2v) is 7.89. The van der Waals surface area contributed by atoms with Gasteiger partial charge in [-0.2, -0.15) is 9.78 Å². The van der Waals surface area contributed by atoms with Crippen molar-refractivity contribution in [3.63, 3.8) is 0 Å². The van der Waals surface area contributed by atoms with Gasteiger partial charge in [0, 0.05) is 36.4 Å². The van der Waals surface area contributed by atoms with Gasteiger partial charge in [0.05, 0.1) is 5.69 Å². The number of amides is 2. The van der Waals surface area contributed by atoms with Crippen LogP contribution in [0.2, 0.25) is 0 Å². The van der Waals surface area contributed by atoms with Crippen LogP contribution >= 0.6 is 0 Å². The van der Waals surface area contributed by atoms with Crippen molar-refractivity contribution in [2.24, 2.45) is 0 Å². The SMILES string of the molecule is CC(=O)Nc1ccc(/C=C/C(=O)Nc2cc(C(C)(C)C)nn2-c2ccccn2)cc1. The maximum absolute atomic E-state index is 12.5. The molecule has 0 saturated carbocycles. The van der Waals surface area contributed by atoms with Crippen LogP contribution in [0.3, 0.4) is 0 Å². The molecule has 0 fully saturated rings. The van der Waals surface area contributed by atoms with Crippen molar-refractivity contribution < 1.29 is 9.59 Å². The molecule has 0 aliphatic heterocycles. The number of hydrogen-bond donors (Lipinski definition) is 2. The van der Waals surface area contributed by atoms with E-state index in [1.54, 1.807) is 29.1 Å². The molecule has 0 spiro atoms. The largest absolute Gasteiger partial charge is 0.326 e. The molecule has 2 heterocycles. The molecular formula is C23H25N5O2. The molecule has 0 aliphatic carbocycles. The third-order valence-electron chi connectivity index (χ3n) is 4.25. The summed E-state index contributed by atoms with van der Waals surface area (Å²) in [5.41, 5.74) is 2.22. The van der Waals surface area contributed by atoms with E-state index in [9.17, 15) is 9.59 Å². The molecule has 3 rings (SSSR count). The Bertz CT molecular complexity index is 1060. The number of benzene rings is 1. The minimum atomic E-state index is -0.279. The Morgan fingerprint density at radius 2 is 1.77 bits per heavy atom. The van der Waals surface area contributed by atoms with Crippen molar-refractivity contribution in [1.82, 2.24) is 14.8 Å². The van der Waals surface area contributed by atoms with Gasteiger partial charge in [-0.1, -0.05) is 39.0 Å². The van der Waals surface area contributed by atoms with Gasteiger partial charge in [-0.3, -0.25) is 9.59 Å². The number of nitrogens with zero attached hydrogens (tertiary/aromatic N) is 3. The summed E-state index contributed by atoms with van der Waals surface area (Å²) in [5.74, 6) is 0.769. The second-order valence-electron chi connectivity index (χ2n) is 7.89. The standard InChI is InChI=1S/C23H25N5O2/c1-16(29)25-18-11-8-17(9-12-18)10-13-22(30)26-21-15-19(23(2,3)4)27-28(21)20-7-5-6-14-24-20/h5-15H,1-4H3,(H,25,29)(H,26,30)/b13-10+. The van der Waals surface area contributed by atoms with E-state index in [4.69, 9.17) is 0 Å². The monoisotopic (exact) mass is 403 g/mol. The number of aromatic nitrogens is 3. The average molecular weight is 403 g/mol. The Hall–Kier alpha value is -3.74. The minimum Gasteiger partial charge on any atom is -0.326 e. The zero-order valence-corrected chi connectivity index (χ0v) is 17.5. The third-order valence-corrected chi connectivity index (χ3v) is 4.25. The number of rotatable bonds is 5. The van der Waals surface area contributed by atoms with Crippen molar-refractivity contribution in [2.45, 2.75) is 33.1 Å². The second kappa shape index (κ2) is 8.73. The van der Waals surface area contributed by atoms with Gasteiger partial charge in [-0.15, -0.1) is 0 Å². The highest BCUT2D eigenvalue weighted by molar-refractivity contribution is 6.01. The fraction of sp³-hybridized carbons (Fsp3) is 0.217. The predicted molar refractivity (Wildman–Crippen MR) is 118 cm³/mol. The molecule has 7 nitrogen and oxygen atoms in total. The van der Waals surface area contributed by atoms with Crippen molar-refractivity contribution >= 4 is 29.4 Å². The van der Waals surface area contributed by atoms with E-state index >= 15 is 0 Å². The average Bonchev–Trinajstić information content (AvgIpc) is 3.12. The number of pyridine rings is 1. The fourth-order valence-electron chi connectivity index (χ4n) is 2.71. The zero-order valence-electron chi connectivity index (χ0n) is 17.5. The molecule has 2 amide bonds. The molecule has 0 atom stereocenters. The Kier molecular flexibility index (Phi) is 6.11. The van der Waals surface area contributed by atoms with E-state index in [2.05, 4.69) is 41.5 Å². The lowest BCUT2D eigenvalue weighted by molar-refractivity contribution is -0.114. The molecule has 2 N–H and O–H groups in total. The molecule has 30 heavy (non-hydrogen) atoms. The number of nitrogens with one attached hydrogen (secondary N) is 2. The Labute approximate surface area is 175 Å². The molecule has 1 aromatic carbocycles. The van der Waals surface area contributed by atoms with Crippen molar-refractivity contribution in [3.05, 3.63) is 72.1 Å². The topological polar surface area (TPSA) is 88.9 Å². The van der Waals surface area contributed by atoms with Gasteiger partial charge < -0.3 is 10.6 Å². The molecule has 3 aromatic rings. The van der Waals surface area contributed by atoms with E-state index < -0.39 is 0 Å². The Morgan fingerprint density at radius 3 is 2.37 bits per heavy atom. The Balaban J connectivity index is 1.78. The van der Waals surface area contributed by atoms with Gasteiger partial charge >= 0.3 is 0 Å². The van der Waals surface area contributed by atoms with Gasteiger partial charge in [0.15, 0.2) is 5.82 Å². The van der Waals surface area contributed by atoms with Gasteiger partial charge in [-0.05, 0) is 35.9 Å². The summed E-state index contributed by atoms with van der Waals surface area (Å²) in [6.45, 7) is 7.65. The predicted octanol–water partition coefficient (Wildman–Crippen LogP) is 4.18. The molecule has 0 saturated heterocycles. The van der Waals surface area contributed by atoms with Gasteiger partial charge in [0.1, 0.15) is 5.82 Å². The van der Waals surface area contributed by atoms with Crippen LogP contribution in [0, 0.1) is 0 Å². The van der Waals surface area contributed by atoms with Crippen molar-refractivity contribution in [3.8, 4) is 5.82 Å². The molecular weight excluding hydrogens is 378 g/mol. The zero-order chi connectivity index (χ0) is 21.7. The maximum Gasteiger partial charge on any atom is 0.249 e. The van der Waals surface area contributed by atoms with Crippen LogP contribution in [-0.4, -0.2) is 26.6 Å². The number of hydrogen-bond acceptors (Lipinski definition) is 4. The van der Waals surface area contributed by atoms with Crippen LogP contribution in [0.5, 0.6) is 0 Å². The highest BCUT2D eigenvalue weighted by atomic mass is 16.2. The van der Waals surface area contributed by atoms with E-state index in [-0.39, 0.29) is 17.2 Å². The van der Waals surface area contributed by atoms with Gasteiger partial charge in [0.25, 0.3) is 0 Å². The third kappa shape index (κ3) is 5.41. The summed E-state index contributed by atoms with van der Waals surface area (Å²) in [7, 11) is 0. The molecule has 0 radical (unpaired) electrons. The first-order valence-corrected chi connectivity index (χ1v) is 9.61. The molecule has 0 aliphatic rings. The summed E-state index contributed by atoms with van der Waals surface area (Å²) < 4.78 is 1.63. The van der Waals surface area contributed by atoms with E-state index in [0.717, 1.165) is 11.3 Å². The lowest BCUT2D eigenvalue weighted by Crippen LogP contribution is -2.13. The highest BCUT2D eigenvalue weighted by Gasteiger charge is 2.21. The Morgan fingerprint density at radius 1 is 1.03 bits per heavy atom. The molecule has 2 aromatic heterocycles. The molecule has 154 valence electrons. The summed E-state index contributed by atoms with van der Waals surface area (Å²) in [6.07, 6.45) is 4.85. The van der Waals surface area contributed by atoms with Crippen LogP contribution in [0.15, 0.2) is 60.8 Å². The van der Waals surface area contributed by atoms with Gasteiger partial charge in [-0.25, -0.2) is 4.98 Å². The summed E-state index contributed by atoms with van der Waals surface area (Å²) in [5, 5.41) is 10.2. The smallest absolute Gasteiger partial charge is 0.249 e. The normalized spacial score (nSPS) is 11.5. The molecule has 7 heteroatoms. The van der Waals surface area contributed by atoms with Crippen LogP contribution < -0.4 is 10.6 Å². The van der Waals surface area contributed by atoms with Crippen molar-refractivity contribution in [2.75, 3.05) is 10.6 Å². The molecule has 0 unspecified atom stereocenters. The lowest BCUT2D eigenvalue weighted by Gasteiger charge is -2.13. The summed E-state index contributed by atoms with van der Waals surface area (Å²) >= 11 is 0. The van der Waals surface area contributed by atoms with E-state index in [1.165, 1.54) is 13.0 Å². The van der Waals surface area contributed by atoms with Crippen LogP contribution in [0.4, 0.5) is 11.5 Å². The van der Waals surface area contributed by atoms with Crippen molar-refractivity contribution in [1.29, 1.82) is 0 Å². The first-order chi connectivity index (χ1) is 14.2. The van der Waals surface area contributed by atoms with E-state index in [0.29, 0.717) is 17.3 Å². The van der Waals surface area contributed by atoms with Crippen LogP contribution in [-0.2, 0) is 15.0 Å². The first-order valence-electron chi connectivity index (χ1n) is 9.61. The summed E-state index contributed by atoms with van der Waals surface area (Å²) in [4.78, 5) is 28.0. The number of anilines is 2. The van der Waals surface area contributed by atoms with Gasteiger partial charge in [0.2, 0.25) is 11.8 Å². The number of carbonyl (C=O) groups excluding carboxylic acids is 2. The lowest BCUT2D eigenvalue weighted by atomic mass is 9.92. The van der Waals surface area contributed by atoms with E-state index in [1.807, 2.05) is 36.4 Å². The number of carbonyl (C=O) groups is 2.